The van der Waals surface area contributed by atoms with Crippen LogP contribution in [0.4, 0.5) is 0 Å². The highest BCUT2D eigenvalue weighted by atomic mass is 16.4. The predicted molar refractivity (Wildman–Crippen MR) is 70.9 cm³/mol. The Morgan fingerprint density at radius 1 is 1.39 bits per heavy atom. The number of aryl methyl sites for hydroxylation is 2. The zero-order chi connectivity index (χ0) is 13.1. The van der Waals surface area contributed by atoms with Crippen LogP contribution in [0.1, 0.15) is 42.4 Å². The Labute approximate surface area is 106 Å². The average Bonchev–Trinajstić information content (AvgIpc) is 2.66. The van der Waals surface area contributed by atoms with Crippen LogP contribution in [0.5, 0.6) is 0 Å². The summed E-state index contributed by atoms with van der Waals surface area (Å²) in [6.45, 7) is 2.17. The van der Waals surface area contributed by atoms with E-state index >= 15 is 0 Å². The Balaban J connectivity index is 2.33. The van der Waals surface area contributed by atoms with Crippen LogP contribution >= 0.6 is 0 Å². The molecule has 4 heteroatoms. The zero-order valence-corrected chi connectivity index (χ0v) is 10.8. The fraction of sp³-hybridized carbons (Fsp3) is 0.429. The van der Waals surface area contributed by atoms with Gasteiger partial charge in [0.15, 0.2) is 0 Å². The number of carboxylic acid groups (broad SMARTS) is 1. The number of unbranched alkanes of at least 4 members (excludes halogenated alkanes) is 2. The Bertz CT molecular complexity index is 572. The van der Waals surface area contributed by atoms with Gasteiger partial charge in [0.1, 0.15) is 5.82 Å². The first kappa shape index (κ1) is 12.6. The lowest BCUT2D eigenvalue weighted by atomic mass is 10.2. The third-order valence-electron chi connectivity index (χ3n) is 3.22. The summed E-state index contributed by atoms with van der Waals surface area (Å²) in [7, 11) is 1.98. The molecular weight excluding hydrogens is 228 g/mol. The summed E-state index contributed by atoms with van der Waals surface area (Å²) in [5.41, 5.74) is 2.05. The van der Waals surface area contributed by atoms with Gasteiger partial charge >= 0.3 is 5.97 Å². The van der Waals surface area contributed by atoms with Crippen molar-refractivity contribution in [2.75, 3.05) is 0 Å². The number of hydrogen-bond acceptors (Lipinski definition) is 2. The summed E-state index contributed by atoms with van der Waals surface area (Å²) in [5, 5.41) is 8.96. The third kappa shape index (κ3) is 2.37. The molecule has 0 unspecified atom stereocenters. The fourth-order valence-corrected chi connectivity index (χ4v) is 2.14. The van der Waals surface area contributed by atoms with E-state index < -0.39 is 5.97 Å². The molecule has 0 spiro atoms. The van der Waals surface area contributed by atoms with E-state index in [1.54, 1.807) is 12.1 Å². The van der Waals surface area contributed by atoms with Gasteiger partial charge in [0.05, 0.1) is 16.6 Å². The van der Waals surface area contributed by atoms with Gasteiger partial charge in [-0.3, -0.25) is 0 Å². The number of imidazole rings is 1. The molecular formula is C14H18N2O2. The van der Waals surface area contributed by atoms with Gasteiger partial charge in [-0.2, -0.15) is 0 Å². The van der Waals surface area contributed by atoms with Crippen molar-refractivity contribution in [3.63, 3.8) is 0 Å². The number of hydrogen-bond donors (Lipinski definition) is 1. The molecule has 0 saturated carbocycles. The third-order valence-corrected chi connectivity index (χ3v) is 3.22. The van der Waals surface area contributed by atoms with Crippen molar-refractivity contribution >= 4 is 17.0 Å². The predicted octanol–water partition coefficient (Wildman–Crippen LogP) is 3.00. The van der Waals surface area contributed by atoms with Crippen molar-refractivity contribution in [3.8, 4) is 0 Å². The SMILES string of the molecule is CCCCCc1nc2cc(C(=O)O)ccc2n1C. The van der Waals surface area contributed by atoms with E-state index in [4.69, 9.17) is 5.11 Å². The van der Waals surface area contributed by atoms with E-state index in [-0.39, 0.29) is 0 Å². The number of fused-ring (bicyclic) bond motifs is 1. The minimum absolute atomic E-state index is 0.292. The Morgan fingerprint density at radius 2 is 2.17 bits per heavy atom. The molecule has 0 amide bonds. The molecule has 1 aromatic carbocycles. The second kappa shape index (κ2) is 5.21. The molecule has 18 heavy (non-hydrogen) atoms. The number of aromatic nitrogens is 2. The molecule has 0 aliphatic rings. The second-order valence-corrected chi connectivity index (χ2v) is 4.55. The van der Waals surface area contributed by atoms with Gasteiger partial charge in [0.2, 0.25) is 0 Å². The van der Waals surface area contributed by atoms with Gasteiger partial charge in [-0.05, 0) is 24.6 Å². The van der Waals surface area contributed by atoms with Crippen LogP contribution in [-0.4, -0.2) is 20.6 Å². The number of aromatic carboxylic acids is 1. The van der Waals surface area contributed by atoms with Crippen LogP contribution < -0.4 is 0 Å². The largest absolute Gasteiger partial charge is 0.478 e. The lowest BCUT2D eigenvalue weighted by molar-refractivity contribution is 0.0697. The topological polar surface area (TPSA) is 55.1 Å². The van der Waals surface area contributed by atoms with E-state index in [1.165, 1.54) is 12.8 Å². The number of benzene rings is 1. The van der Waals surface area contributed by atoms with E-state index in [1.807, 2.05) is 13.1 Å². The van der Waals surface area contributed by atoms with Crippen LogP contribution in [0.2, 0.25) is 0 Å². The molecule has 1 aromatic heterocycles. The molecule has 0 aliphatic carbocycles. The maximum Gasteiger partial charge on any atom is 0.335 e. The van der Waals surface area contributed by atoms with E-state index in [2.05, 4.69) is 16.5 Å². The van der Waals surface area contributed by atoms with Gasteiger partial charge in [-0.25, -0.2) is 9.78 Å². The highest BCUT2D eigenvalue weighted by molar-refractivity contribution is 5.92. The van der Waals surface area contributed by atoms with Crippen molar-refractivity contribution in [2.45, 2.75) is 32.6 Å². The van der Waals surface area contributed by atoms with Gasteiger partial charge in [-0.1, -0.05) is 19.8 Å². The molecule has 0 saturated heterocycles. The zero-order valence-electron chi connectivity index (χ0n) is 10.8. The molecule has 0 aliphatic heterocycles. The summed E-state index contributed by atoms with van der Waals surface area (Å²) in [6.07, 6.45) is 4.46. The van der Waals surface area contributed by atoms with Crippen LogP contribution in [0.25, 0.3) is 11.0 Å². The number of carbonyl (C=O) groups is 1. The molecule has 1 heterocycles. The maximum atomic E-state index is 10.9. The first-order valence-corrected chi connectivity index (χ1v) is 6.32. The van der Waals surface area contributed by atoms with E-state index in [0.717, 1.165) is 29.7 Å². The Hall–Kier alpha value is -1.84. The van der Waals surface area contributed by atoms with Gasteiger partial charge in [0, 0.05) is 13.5 Å². The quantitative estimate of drug-likeness (QED) is 0.825. The van der Waals surface area contributed by atoms with E-state index in [9.17, 15) is 4.79 Å². The Morgan fingerprint density at radius 3 is 2.83 bits per heavy atom. The van der Waals surface area contributed by atoms with Crippen LogP contribution in [0, 0.1) is 0 Å². The van der Waals surface area contributed by atoms with Crippen LogP contribution in [-0.2, 0) is 13.5 Å². The summed E-state index contributed by atoms with van der Waals surface area (Å²) in [5.74, 6) is 0.121. The molecule has 4 nitrogen and oxygen atoms in total. The van der Waals surface area contributed by atoms with E-state index in [0.29, 0.717) is 5.56 Å². The van der Waals surface area contributed by atoms with Crippen molar-refractivity contribution < 1.29 is 9.90 Å². The molecule has 2 aromatic rings. The van der Waals surface area contributed by atoms with Crippen LogP contribution in [0.15, 0.2) is 18.2 Å². The molecule has 96 valence electrons. The van der Waals surface area contributed by atoms with Crippen molar-refractivity contribution in [3.05, 3.63) is 29.6 Å². The minimum Gasteiger partial charge on any atom is -0.478 e. The van der Waals surface area contributed by atoms with Gasteiger partial charge < -0.3 is 9.67 Å². The van der Waals surface area contributed by atoms with Gasteiger partial charge in [0.25, 0.3) is 0 Å². The smallest absolute Gasteiger partial charge is 0.335 e. The number of nitrogens with zero attached hydrogens (tertiary/aromatic N) is 2. The monoisotopic (exact) mass is 246 g/mol. The van der Waals surface area contributed by atoms with Crippen molar-refractivity contribution in [1.82, 2.24) is 9.55 Å². The minimum atomic E-state index is -0.907. The molecule has 0 bridgehead atoms. The fourth-order valence-electron chi connectivity index (χ4n) is 2.14. The lowest BCUT2D eigenvalue weighted by Gasteiger charge is -2.01. The first-order valence-electron chi connectivity index (χ1n) is 6.32. The summed E-state index contributed by atoms with van der Waals surface area (Å²) >= 11 is 0. The van der Waals surface area contributed by atoms with Crippen molar-refractivity contribution in [2.24, 2.45) is 7.05 Å². The van der Waals surface area contributed by atoms with Crippen molar-refractivity contribution in [1.29, 1.82) is 0 Å². The summed E-state index contributed by atoms with van der Waals surface area (Å²) in [4.78, 5) is 15.4. The molecule has 2 rings (SSSR count). The van der Waals surface area contributed by atoms with Crippen LogP contribution in [0.3, 0.4) is 0 Å². The molecule has 0 atom stereocenters. The highest BCUT2D eigenvalue weighted by Crippen LogP contribution is 2.18. The maximum absolute atomic E-state index is 10.9. The first-order chi connectivity index (χ1) is 8.63. The second-order valence-electron chi connectivity index (χ2n) is 4.55. The summed E-state index contributed by atoms with van der Waals surface area (Å²) in [6, 6.07) is 5.10. The number of carboxylic acids is 1. The lowest BCUT2D eigenvalue weighted by Crippen LogP contribution is -1.98. The highest BCUT2D eigenvalue weighted by Gasteiger charge is 2.10. The molecule has 1 N–H and O–H groups in total. The summed E-state index contributed by atoms with van der Waals surface area (Å²) < 4.78 is 2.05. The molecule has 0 radical (unpaired) electrons. The average molecular weight is 246 g/mol. The normalized spacial score (nSPS) is 11.0. The standard InChI is InChI=1S/C14H18N2O2/c1-3-4-5-6-13-15-11-9-10(14(17)18)7-8-12(11)16(13)2/h7-9H,3-6H2,1-2H3,(H,17,18). The van der Waals surface area contributed by atoms with Gasteiger partial charge in [-0.15, -0.1) is 0 Å². The Kier molecular flexibility index (Phi) is 3.65. The molecule has 0 fully saturated rings. The number of rotatable bonds is 5.